The topological polar surface area (TPSA) is 54.7 Å². The molecule has 4 rings (SSSR count). The van der Waals surface area contributed by atoms with Crippen molar-refractivity contribution in [1.29, 1.82) is 0 Å². The molecule has 3 aromatic rings. The van der Waals surface area contributed by atoms with E-state index in [1.54, 1.807) is 0 Å². The van der Waals surface area contributed by atoms with E-state index in [2.05, 4.69) is 15.2 Å². The number of aromatic amines is 1. The molecular weight excluding hydrogens is 250 g/mol. The largest absolute Gasteiger partial charge is 0.453 e. The zero-order valence-electron chi connectivity index (χ0n) is 11.3. The summed E-state index contributed by atoms with van der Waals surface area (Å²) < 4.78 is 5.81. The van der Waals surface area contributed by atoms with Gasteiger partial charge in [-0.25, -0.2) is 4.98 Å². The molecule has 20 heavy (non-hydrogen) atoms. The zero-order valence-corrected chi connectivity index (χ0v) is 11.3. The molecule has 0 amide bonds. The summed E-state index contributed by atoms with van der Waals surface area (Å²) in [6, 6.07) is 9.99. The number of benzene rings is 1. The van der Waals surface area contributed by atoms with E-state index < -0.39 is 0 Å². The molecule has 1 aliphatic rings. The highest BCUT2D eigenvalue weighted by atomic mass is 16.3. The van der Waals surface area contributed by atoms with Gasteiger partial charge in [-0.1, -0.05) is 37.5 Å². The Kier molecular flexibility index (Phi) is 2.80. The van der Waals surface area contributed by atoms with Crippen molar-refractivity contribution >= 4 is 11.0 Å². The Bertz CT molecular complexity index is 689. The molecule has 1 saturated carbocycles. The average molecular weight is 267 g/mol. The number of para-hydroxylation sites is 1. The molecule has 1 N–H and O–H groups in total. The van der Waals surface area contributed by atoms with Gasteiger partial charge in [0.25, 0.3) is 0 Å². The van der Waals surface area contributed by atoms with Gasteiger partial charge >= 0.3 is 0 Å². The van der Waals surface area contributed by atoms with E-state index >= 15 is 0 Å². The van der Waals surface area contributed by atoms with Crippen LogP contribution < -0.4 is 0 Å². The van der Waals surface area contributed by atoms with Crippen molar-refractivity contribution in [1.82, 2.24) is 15.2 Å². The number of fused-ring (bicyclic) bond motifs is 1. The first-order chi connectivity index (χ1) is 9.90. The van der Waals surface area contributed by atoms with E-state index in [4.69, 9.17) is 4.42 Å². The molecule has 4 heteroatoms. The average Bonchev–Trinajstić information content (AvgIpc) is 3.14. The van der Waals surface area contributed by atoms with Crippen LogP contribution >= 0.6 is 0 Å². The summed E-state index contributed by atoms with van der Waals surface area (Å²) in [6.45, 7) is 0. The van der Waals surface area contributed by atoms with Crippen molar-refractivity contribution in [2.75, 3.05) is 0 Å². The van der Waals surface area contributed by atoms with Gasteiger partial charge in [0.1, 0.15) is 11.4 Å². The third kappa shape index (κ3) is 2.01. The Morgan fingerprint density at radius 2 is 1.95 bits per heavy atom. The summed E-state index contributed by atoms with van der Waals surface area (Å²) in [7, 11) is 0. The van der Waals surface area contributed by atoms with Crippen LogP contribution in [0.4, 0.5) is 0 Å². The number of hydrogen-bond acceptors (Lipinski definition) is 3. The highest BCUT2D eigenvalue weighted by Gasteiger charge is 2.20. The summed E-state index contributed by atoms with van der Waals surface area (Å²) in [5.41, 5.74) is 0.881. The quantitative estimate of drug-likeness (QED) is 0.754. The number of hydrogen-bond donors (Lipinski definition) is 1. The third-order valence-corrected chi connectivity index (χ3v) is 4.14. The maximum Gasteiger partial charge on any atom is 0.216 e. The van der Waals surface area contributed by atoms with E-state index in [1.165, 1.54) is 32.1 Å². The van der Waals surface area contributed by atoms with E-state index in [0.29, 0.717) is 11.7 Å². The fourth-order valence-electron chi connectivity index (χ4n) is 3.04. The number of rotatable bonds is 2. The van der Waals surface area contributed by atoms with Gasteiger partial charge in [-0.05, 0) is 25.0 Å². The number of nitrogens with one attached hydrogen (secondary N) is 1. The zero-order chi connectivity index (χ0) is 13.4. The van der Waals surface area contributed by atoms with Crippen LogP contribution in [-0.4, -0.2) is 15.2 Å². The molecule has 0 saturated heterocycles. The molecule has 1 fully saturated rings. The fourth-order valence-corrected chi connectivity index (χ4v) is 3.04. The van der Waals surface area contributed by atoms with Crippen molar-refractivity contribution in [3.63, 3.8) is 0 Å². The van der Waals surface area contributed by atoms with Crippen molar-refractivity contribution in [3.8, 4) is 11.6 Å². The molecule has 2 aromatic heterocycles. The minimum absolute atomic E-state index is 0.536. The second-order valence-electron chi connectivity index (χ2n) is 5.53. The molecule has 1 aromatic carbocycles. The predicted molar refractivity (Wildman–Crippen MR) is 77.4 cm³/mol. The number of nitrogens with zero attached hydrogens (tertiary/aromatic N) is 2. The summed E-state index contributed by atoms with van der Waals surface area (Å²) in [6.07, 6.45) is 6.38. The number of H-pyrrole nitrogens is 1. The van der Waals surface area contributed by atoms with Gasteiger partial charge in [-0.3, -0.25) is 5.10 Å². The van der Waals surface area contributed by atoms with Gasteiger partial charge in [0.2, 0.25) is 5.82 Å². The van der Waals surface area contributed by atoms with Crippen molar-refractivity contribution < 1.29 is 4.42 Å². The lowest BCUT2D eigenvalue weighted by Crippen LogP contribution is -2.06. The first-order valence-electron chi connectivity index (χ1n) is 7.31. The van der Waals surface area contributed by atoms with Crippen LogP contribution in [0.15, 0.2) is 34.7 Å². The van der Waals surface area contributed by atoms with E-state index in [0.717, 1.165) is 22.6 Å². The van der Waals surface area contributed by atoms with Crippen LogP contribution in [0.5, 0.6) is 0 Å². The van der Waals surface area contributed by atoms with Crippen LogP contribution in [0.3, 0.4) is 0 Å². The lowest BCUT2D eigenvalue weighted by molar-refractivity contribution is 0.429. The molecule has 0 aliphatic heterocycles. The summed E-state index contributed by atoms with van der Waals surface area (Å²) in [5, 5.41) is 8.51. The molecule has 1 aliphatic carbocycles. The van der Waals surface area contributed by atoms with Gasteiger partial charge < -0.3 is 4.42 Å². The first-order valence-corrected chi connectivity index (χ1v) is 7.31. The second kappa shape index (κ2) is 4.78. The van der Waals surface area contributed by atoms with Crippen LogP contribution in [0.25, 0.3) is 22.6 Å². The number of aromatic nitrogens is 3. The third-order valence-electron chi connectivity index (χ3n) is 4.14. The lowest BCUT2D eigenvalue weighted by Gasteiger charge is -2.18. The van der Waals surface area contributed by atoms with Gasteiger partial charge in [0.05, 0.1) is 0 Å². The molecule has 0 radical (unpaired) electrons. The molecule has 0 bridgehead atoms. The highest BCUT2D eigenvalue weighted by molar-refractivity contribution is 5.81. The van der Waals surface area contributed by atoms with Crippen molar-refractivity contribution in [2.24, 2.45) is 0 Å². The first kappa shape index (κ1) is 11.7. The van der Waals surface area contributed by atoms with Gasteiger partial charge in [-0.2, -0.15) is 5.10 Å². The molecular formula is C16H17N3O. The highest BCUT2D eigenvalue weighted by Crippen LogP contribution is 2.32. The number of furan rings is 1. The Morgan fingerprint density at radius 3 is 2.80 bits per heavy atom. The smallest absolute Gasteiger partial charge is 0.216 e. The monoisotopic (exact) mass is 267 g/mol. The Labute approximate surface area is 117 Å². The molecule has 0 spiro atoms. The van der Waals surface area contributed by atoms with Gasteiger partial charge in [-0.15, -0.1) is 0 Å². The molecule has 0 atom stereocenters. The molecule has 4 nitrogen and oxygen atoms in total. The van der Waals surface area contributed by atoms with Crippen LogP contribution in [0.1, 0.15) is 43.8 Å². The Balaban J connectivity index is 1.66. The summed E-state index contributed by atoms with van der Waals surface area (Å²) >= 11 is 0. The van der Waals surface area contributed by atoms with Crippen LogP contribution in [0.2, 0.25) is 0 Å². The van der Waals surface area contributed by atoms with E-state index in [1.807, 2.05) is 30.3 Å². The fraction of sp³-hybridized carbons (Fsp3) is 0.375. The normalized spacial score (nSPS) is 16.8. The van der Waals surface area contributed by atoms with Crippen LogP contribution in [0, 0.1) is 0 Å². The van der Waals surface area contributed by atoms with Gasteiger partial charge in [0, 0.05) is 11.3 Å². The maximum atomic E-state index is 5.81. The Hall–Kier alpha value is -2.10. The minimum Gasteiger partial charge on any atom is -0.453 e. The summed E-state index contributed by atoms with van der Waals surface area (Å²) in [5.74, 6) is 2.96. The van der Waals surface area contributed by atoms with Crippen molar-refractivity contribution in [2.45, 2.75) is 38.0 Å². The predicted octanol–water partition coefficient (Wildman–Crippen LogP) is 4.27. The standard InChI is InChI=1S/C16H17N3O/c1-2-6-11(7-3-1)15-17-16(19-18-15)14-10-12-8-4-5-9-13(12)20-14/h4-5,8-11H,1-3,6-7H2,(H,17,18,19). The SMILES string of the molecule is c1ccc2oc(-c3n[nH]c(C4CCCCC4)n3)cc2c1. The molecule has 2 heterocycles. The van der Waals surface area contributed by atoms with Gasteiger partial charge in [0.15, 0.2) is 5.76 Å². The molecule has 102 valence electrons. The van der Waals surface area contributed by atoms with E-state index in [9.17, 15) is 0 Å². The second-order valence-corrected chi connectivity index (χ2v) is 5.53. The summed E-state index contributed by atoms with van der Waals surface area (Å²) in [4.78, 5) is 4.64. The Morgan fingerprint density at radius 1 is 1.10 bits per heavy atom. The van der Waals surface area contributed by atoms with Crippen LogP contribution in [-0.2, 0) is 0 Å². The van der Waals surface area contributed by atoms with E-state index in [-0.39, 0.29) is 0 Å². The maximum absolute atomic E-state index is 5.81. The van der Waals surface area contributed by atoms with Crippen molar-refractivity contribution in [3.05, 3.63) is 36.2 Å². The molecule has 0 unspecified atom stereocenters. The lowest BCUT2D eigenvalue weighted by atomic mass is 9.89. The minimum atomic E-state index is 0.536.